The highest BCUT2D eigenvalue weighted by molar-refractivity contribution is 6.17. The number of nitrogens with zero attached hydrogens (tertiary/aromatic N) is 1. The Balaban J connectivity index is 1.86. The minimum absolute atomic E-state index is 0.0102. The molecule has 0 bridgehead atoms. The number of rotatable bonds is 2. The lowest BCUT2D eigenvalue weighted by Crippen LogP contribution is -2.42. The Morgan fingerprint density at radius 2 is 1.50 bits per heavy atom. The van der Waals surface area contributed by atoms with Gasteiger partial charge in [0.05, 0.1) is 5.69 Å². The SMILES string of the molecule is Cc1ccc(N2C(=O)CC(c3ccccc3)CC2=O)cc1C. The summed E-state index contributed by atoms with van der Waals surface area (Å²) in [6.45, 7) is 4.01. The monoisotopic (exact) mass is 293 g/mol. The van der Waals surface area contributed by atoms with Gasteiger partial charge in [0.2, 0.25) is 11.8 Å². The molecule has 3 heteroatoms. The quantitative estimate of drug-likeness (QED) is 0.791. The van der Waals surface area contributed by atoms with Crippen molar-refractivity contribution in [1.82, 2.24) is 0 Å². The topological polar surface area (TPSA) is 37.4 Å². The van der Waals surface area contributed by atoms with Crippen molar-refractivity contribution in [1.29, 1.82) is 0 Å². The summed E-state index contributed by atoms with van der Waals surface area (Å²) in [4.78, 5) is 26.3. The number of aryl methyl sites for hydroxylation is 2. The van der Waals surface area contributed by atoms with Crippen molar-refractivity contribution in [2.45, 2.75) is 32.6 Å². The number of hydrogen-bond donors (Lipinski definition) is 0. The van der Waals surface area contributed by atoms with Gasteiger partial charge in [-0.15, -0.1) is 0 Å². The molecule has 0 spiro atoms. The standard InChI is InChI=1S/C19H19NO2/c1-13-8-9-17(10-14(13)2)20-18(21)11-16(12-19(20)22)15-6-4-3-5-7-15/h3-10,16H,11-12H2,1-2H3. The molecule has 22 heavy (non-hydrogen) atoms. The summed E-state index contributed by atoms with van der Waals surface area (Å²) in [5, 5.41) is 0. The van der Waals surface area contributed by atoms with Crippen LogP contribution in [0.15, 0.2) is 48.5 Å². The highest BCUT2D eigenvalue weighted by Gasteiger charge is 2.34. The molecular formula is C19H19NO2. The summed E-state index contributed by atoms with van der Waals surface area (Å²) in [5.41, 5.74) is 3.99. The molecule has 1 heterocycles. The van der Waals surface area contributed by atoms with Crippen molar-refractivity contribution in [3.05, 3.63) is 65.2 Å². The van der Waals surface area contributed by atoms with Crippen LogP contribution in [0.4, 0.5) is 5.69 Å². The molecule has 0 aliphatic carbocycles. The lowest BCUT2D eigenvalue weighted by molar-refractivity contribution is -0.129. The summed E-state index contributed by atoms with van der Waals surface area (Å²) in [7, 11) is 0. The third-order valence-electron chi connectivity index (χ3n) is 4.36. The maximum atomic E-state index is 12.5. The number of imide groups is 1. The van der Waals surface area contributed by atoms with Crippen LogP contribution in [-0.2, 0) is 9.59 Å². The first-order valence-electron chi connectivity index (χ1n) is 7.54. The van der Waals surface area contributed by atoms with Crippen LogP contribution in [0.1, 0.15) is 35.4 Å². The summed E-state index contributed by atoms with van der Waals surface area (Å²) in [5.74, 6) is -0.245. The van der Waals surface area contributed by atoms with E-state index in [2.05, 4.69) is 0 Å². The second kappa shape index (κ2) is 5.76. The van der Waals surface area contributed by atoms with Gasteiger partial charge in [-0.1, -0.05) is 36.4 Å². The molecule has 0 saturated carbocycles. The lowest BCUT2D eigenvalue weighted by Gasteiger charge is -2.30. The number of benzene rings is 2. The summed E-state index contributed by atoms with van der Waals surface area (Å²) < 4.78 is 0. The minimum Gasteiger partial charge on any atom is -0.274 e. The molecule has 1 aliphatic rings. The molecule has 3 nitrogen and oxygen atoms in total. The zero-order chi connectivity index (χ0) is 15.7. The molecule has 1 saturated heterocycles. The van der Waals surface area contributed by atoms with Gasteiger partial charge < -0.3 is 0 Å². The predicted octanol–water partition coefficient (Wildman–Crippen LogP) is 3.74. The number of carbonyl (C=O) groups is 2. The van der Waals surface area contributed by atoms with Crippen LogP contribution in [0.3, 0.4) is 0 Å². The van der Waals surface area contributed by atoms with Crippen LogP contribution >= 0.6 is 0 Å². The van der Waals surface area contributed by atoms with E-state index in [1.165, 1.54) is 4.90 Å². The summed E-state index contributed by atoms with van der Waals surface area (Å²) >= 11 is 0. The normalized spacial score (nSPS) is 16.2. The average molecular weight is 293 g/mol. The molecule has 1 aliphatic heterocycles. The Hall–Kier alpha value is -2.42. The zero-order valence-electron chi connectivity index (χ0n) is 12.9. The Morgan fingerprint density at radius 3 is 2.09 bits per heavy atom. The molecule has 0 N–H and O–H groups in total. The molecule has 0 atom stereocenters. The van der Waals surface area contributed by atoms with E-state index in [1.807, 2.05) is 62.4 Å². The maximum absolute atomic E-state index is 12.5. The fraction of sp³-hybridized carbons (Fsp3) is 0.263. The van der Waals surface area contributed by atoms with Crippen LogP contribution in [0.5, 0.6) is 0 Å². The van der Waals surface area contributed by atoms with E-state index >= 15 is 0 Å². The molecule has 2 amide bonds. The third kappa shape index (κ3) is 2.67. The van der Waals surface area contributed by atoms with Crippen molar-refractivity contribution in [2.24, 2.45) is 0 Å². The number of carbonyl (C=O) groups excluding carboxylic acids is 2. The Kier molecular flexibility index (Phi) is 3.80. The van der Waals surface area contributed by atoms with Crippen LogP contribution in [-0.4, -0.2) is 11.8 Å². The van der Waals surface area contributed by atoms with Crippen molar-refractivity contribution in [2.75, 3.05) is 4.90 Å². The number of hydrogen-bond acceptors (Lipinski definition) is 2. The molecular weight excluding hydrogens is 274 g/mol. The molecule has 3 rings (SSSR count). The van der Waals surface area contributed by atoms with E-state index < -0.39 is 0 Å². The van der Waals surface area contributed by atoms with Gasteiger partial charge in [0.25, 0.3) is 0 Å². The van der Waals surface area contributed by atoms with Crippen molar-refractivity contribution >= 4 is 17.5 Å². The highest BCUT2D eigenvalue weighted by Crippen LogP contribution is 2.32. The third-order valence-corrected chi connectivity index (χ3v) is 4.36. The first kappa shape index (κ1) is 14.5. The van der Waals surface area contributed by atoms with Crippen LogP contribution in [0.25, 0.3) is 0 Å². The van der Waals surface area contributed by atoms with Gasteiger partial charge in [-0.25, -0.2) is 0 Å². The smallest absolute Gasteiger partial charge is 0.234 e. The van der Waals surface area contributed by atoms with Gasteiger partial charge in [-0.05, 0) is 42.7 Å². The largest absolute Gasteiger partial charge is 0.274 e. The van der Waals surface area contributed by atoms with E-state index in [1.54, 1.807) is 0 Å². The Bertz CT molecular complexity index is 703. The fourth-order valence-electron chi connectivity index (χ4n) is 2.93. The molecule has 2 aromatic rings. The zero-order valence-corrected chi connectivity index (χ0v) is 12.9. The van der Waals surface area contributed by atoms with Gasteiger partial charge in [0.15, 0.2) is 0 Å². The maximum Gasteiger partial charge on any atom is 0.234 e. The molecule has 0 unspecified atom stereocenters. The number of piperidine rings is 1. The van der Waals surface area contributed by atoms with E-state index in [-0.39, 0.29) is 17.7 Å². The van der Waals surface area contributed by atoms with Gasteiger partial charge in [-0.2, -0.15) is 0 Å². The summed E-state index contributed by atoms with van der Waals surface area (Å²) in [6.07, 6.45) is 0.755. The average Bonchev–Trinajstić information content (AvgIpc) is 2.51. The Morgan fingerprint density at radius 1 is 0.864 bits per heavy atom. The van der Waals surface area contributed by atoms with Crippen molar-refractivity contribution in [3.8, 4) is 0 Å². The fourth-order valence-corrected chi connectivity index (χ4v) is 2.93. The van der Waals surface area contributed by atoms with Gasteiger partial charge in [0, 0.05) is 18.8 Å². The minimum atomic E-state index is -0.117. The van der Waals surface area contributed by atoms with E-state index in [4.69, 9.17) is 0 Å². The van der Waals surface area contributed by atoms with E-state index in [0.29, 0.717) is 18.5 Å². The Labute approximate surface area is 130 Å². The first-order valence-corrected chi connectivity index (χ1v) is 7.54. The predicted molar refractivity (Wildman–Crippen MR) is 86.8 cm³/mol. The first-order chi connectivity index (χ1) is 10.6. The number of anilines is 1. The molecule has 112 valence electrons. The number of amides is 2. The van der Waals surface area contributed by atoms with E-state index in [9.17, 15) is 9.59 Å². The molecule has 0 radical (unpaired) electrons. The summed E-state index contributed by atoms with van der Waals surface area (Å²) in [6, 6.07) is 15.5. The van der Waals surface area contributed by atoms with Crippen LogP contribution in [0, 0.1) is 13.8 Å². The highest BCUT2D eigenvalue weighted by atomic mass is 16.2. The van der Waals surface area contributed by atoms with E-state index in [0.717, 1.165) is 16.7 Å². The van der Waals surface area contributed by atoms with Gasteiger partial charge in [-0.3, -0.25) is 14.5 Å². The molecule has 2 aromatic carbocycles. The molecule has 1 fully saturated rings. The second-order valence-electron chi connectivity index (χ2n) is 5.91. The van der Waals surface area contributed by atoms with Gasteiger partial charge in [0.1, 0.15) is 0 Å². The molecule has 0 aromatic heterocycles. The lowest BCUT2D eigenvalue weighted by atomic mass is 9.88. The van der Waals surface area contributed by atoms with Gasteiger partial charge >= 0.3 is 0 Å². The van der Waals surface area contributed by atoms with Crippen LogP contribution < -0.4 is 4.90 Å². The van der Waals surface area contributed by atoms with Crippen LogP contribution in [0.2, 0.25) is 0 Å². The van der Waals surface area contributed by atoms with Crippen molar-refractivity contribution < 1.29 is 9.59 Å². The second-order valence-corrected chi connectivity index (χ2v) is 5.91. The van der Waals surface area contributed by atoms with Crippen molar-refractivity contribution in [3.63, 3.8) is 0 Å².